The normalized spacial score (nSPS) is 19.5. The second kappa shape index (κ2) is 9.65. The van der Waals surface area contributed by atoms with Crippen LogP contribution in [0.2, 0.25) is 15.1 Å². The van der Waals surface area contributed by atoms with Crippen molar-refractivity contribution in [2.45, 2.75) is 22.8 Å². The SMILES string of the molecule is CC(=O)C1=NN(c2cccc(Cl)c2C)[C@]2(S1)SC(c1ccc(Cl)cc1)(c1ccc(Cl)cc1)c1ccccc12. The van der Waals surface area contributed by atoms with Gasteiger partial charge >= 0.3 is 0 Å². The first kappa shape index (κ1) is 25.8. The van der Waals surface area contributed by atoms with Crippen molar-refractivity contribution < 1.29 is 4.79 Å². The van der Waals surface area contributed by atoms with E-state index in [-0.39, 0.29) is 5.78 Å². The molecule has 8 heteroatoms. The molecule has 1 atom stereocenters. The number of benzene rings is 4. The molecule has 0 aliphatic carbocycles. The Morgan fingerprint density at radius 2 is 1.37 bits per heavy atom. The van der Waals surface area contributed by atoms with Gasteiger partial charge in [-0.3, -0.25) is 4.79 Å². The van der Waals surface area contributed by atoms with Crippen molar-refractivity contribution in [3.8, 4) is 0 Å². The van der Waals surface area contributed by atoms with Crippen LogP contribution >= 0.6 is 58.3 Å². The van der Waals surface area contributed by atoms with E-state index in [4.69, 9.17) is 39.9 Å². The molecule has 190 valence electrons. The number of carbonyl (C=O) groups excluding carboxylic acids is 1. The van der Waals surface area contributed by atoms with Crippen LogP contribution in [0.1, 0.15) is 34.7 Å². The highest BCUT2D eigenvalue weighted by Crippen LogP contribution is 2.71. The molecule has 2 aliphatic heterocycles. The molecule has 0 aromatic heterocycles. The number of hydrogen-bond acceptors (Lipinski definition) is 5. The van der Waals surface area contributed by atoms with Crippen LogP contribution in [0.5, 0.6) is 0 Å². The van der Waals surface area contributed by atoms with Crippen molar-refractivity contribution in [1.29, 1.82) is 0 Å². The number of Topliss-reactive ketones (excluding diaryl/α,β-unsaturated/α-hetero) is 1. The van der Waals surface area contributed by atoms with Crippen molar-refractivity contribution >= 4 is 74.8 Å². The van der Waals surface area contributed by atoms with E-state index in [1.165, 1.54) is 11.8 Å². The van der Waals surface area contributed by atoms with Gasteiger partial charge < -0.3 is 0 Å². The van der Waals surface area contributed by atoms with Gasteiger partial charge in [0.25, 0.3) is 0 Å². The minimum absolute atomic E-state index is 0.0786. The molecule has 6 rings (SSSR count). The summed E-state index contributed by atoms with van der Waals surface area (Å²) in [6.45, 7) is 3.54. The van der Waals surface area contributed by atoms with E-state index in [9.17, 15) is 4.79 Å². The third-order valence-corrected chi connectivity index (χ3v) is 11.2. The number of nitrogens with zero attached hydrogens (tertiary/aromatic N) is 2. The molecule has 1 spiro atoms. The van der Waals surface area contributed by atoms with Crippen LogP contribution < -0.4 is 5.01 Å². The number of fused-ring (bicyclic) bond motifs is 2. The summed E-state index contributed by atoms with van der Waals surface area (Å²) >= 11 is 22.5. The highest BCUT2D eigenvalue weighted by Gasteiger charge is 2.61. The van der Waals surface area contributed by atoms with Crippen LogP contribution in [-0.2, 0) is 13.7 Å². The van der Waals surface area contributed by atoms with Gasteiger partial charge in [0.15, 0.2) is 15.0 Å². The van der Waals surface area contributed by atoms with E-state index in [0.29, 0.717) is 20.1 Å². The van der Waals surface area contributed by atoms with Crippen LogP contribution in [0.25, 0.3) is 0 Å². The van der Waals surface area contributed by atoms with Gasteiger partial charge in [-0.25, -0.2) is 5.01 Å². The molecule has 38 heavy (non-hydrogen) atoms. The third-order valence-electron chi connectivity index (χ3n) is 6.91. The number of carbonyl (C=O) groups is 1. The highest BCUT2D eigenvalue weighted by atomic mass is 35.5. The second-order valence-corrected chi connectivity index (χ2v) is 13.3. The van der Waals surface area contributed by atoms with Gasteiger partial charge in [-0.15, -0.1) is 0 Å². The molecule has 0 bridgehead atoms. The largest absolute Gasteiger partial charge is 0.292 e. The van der Waals surface area contributed by atoms with Crippen LogP contribution in [0.15, 0.2) is 96.1 Å². The Morgan fingerprint density at radius 3 is 1.95 bits per heavy atom. The second-order valence-electron chi connectivity index (χ2n) is 9.18. The van der Waals surface area contributed by atoms with E-state index in [2.05, 4.69) is 42.5 Å². The molecule has 0 saturated carbocycles. The maximum Gasteiger partial charge on any atom is 0.187 e. The standard InChI is InChI=1S/C30H21Cl3N2OS2/c1-18-26(33)8-5-9-27(18)35-30(37-28(34-35)19(2)36)25-7-4-3-6-24(25)29(38-30,20-10-14-22(31)15-11-20)21-12-16-23(32)17-13-21/h3-17H,1-2H3/t30-/m1/s1. The van der Waals surface area contributed by atoms with Crippen molar-refractivity contribution in [2.75, 3.05) is 5.01 Å². The molecule has 2 aliphatic rings. The van der Waals surface area contributed by atoms with Gasteiger partial charge in [-0.2, -0.15) is 5.10 Å². The summed E-state index contributed by atoms with van der Waals surface area (Å²) in [5.41, 5.74) is 6.07. The molecular formula is C30H21Cl3N2OS2. The third kappa shape index (κ3) is 3.90. The zero-order valence-electron chi connectivity index (χ0n) is 20.4. The lowest BCUT2D eigenvalue weighted by atomic mass is 9.82. The van der Waals surface area contributed by atoms with Crippen molar-refractivity contribution in [2.24, 2.45) is 5.10 Å². The fourth-order valence-corrected chi connectivity index (χ4v) is 9.08. The molecule has 3 nitrogen and oxygen atoms in total. The average Bonchev–Trinajstić information content (AvgIpc) is 3.44. The average molecular weight is 596 g/mol. The smallest absolute Gasteiger partial charge is 0.187 e. The first-order chi connectivity index (χ1) is 18.3. The van der Waals surface area contributed by atoms with Gasteiger partial charge in [0.05, 0.1) is 10.4 Å². The van der Waals surface area contributed by atoms with Crippen LogP contribution in [-0.4, -0.2) is 10.8 Å². The monoisotopic (exact) mass is 594 g/mol. The Bertz CT molecular complexity index is 1560. The number of rotatable bonds is 4. The fourth-order valence-electron chi connectivity index (χ4n) is 5.11. The van der Waals surface area contributed by atoms with Gasteiger partial charge in [-0.1, -0.05) is 113 Å². The van der Waals surface area contributed by atoms with Crippen LogP contribution in [0.3, 0.4) is 0 Å². The molecule has 0 unspecified atom stereocenters. The van der Waals surface area contributed by atoms with Crippen molar-refractivity contribution in [3.63, 3.8) is 0 Å². The number of hydrazone groups is 1. The zero-order chi connectivity index (χ0) is 26.7. The zero-order valence-corrected chi connectivity index (χ0v) is 24.3. The number of thioether (sulfide) groups is 2. The van der Waals surface area contributed by atoms with E-state index < -0.39 is 8.95 Å². The van der Waals surface area contributed by atoms with Gasteiger partial charge in [0.1, 0.15) is 0 Å². The highest BCUT2D eigenvalue weighted by molar-refractivity contribution is 8.27. The van der Waals surface area contributed by atoms with Gasteiger partial charge in [0, 0.05) is 27.6 Å². The number of hydrogen-bond donors (Lipinski definition) is 0. The predicted molar refractivity (Wildman–Crippen MR) is 163 cm³/mol. The lowest BCUT2D eigenvalue weighted by molar-refractivity contribution is -0.110. The Kier molecular flexibility index (Phi) is 6.56. The first-order valence-corrected chi connectivity index (χ1v) is 14.7. The predicted octanol–water partition coefficient (Wildman–Crippen LogP) is 9.26. The summed E-state index contributed by atoms with van der Waals surface area (Å²) in [6, 6.07) is 30.1. The molecule has 0 fully saturated rings. The minimum atomic E-state index is -0.772. The molecule has 0 amide bonds. The quantitative estimate of drug-likeness (QED) is 0.235. The van der Waals surface area contributed by atoms with Gasteiger partial charge in [0.2, 0.25) is 0 Å². The first-order valence-electron chi connectivity index (χ1n) is 11.9. The minimum Gasteiger partial charge on any atom is -0.292 e. The molecule has 2 heterocycles. The molecule has 0 saturated heterocycles. The molecular weight excluding hydrogens is 575 g/mol. The summed E-state index contributed by atoms with van der Waals surface area (Å²) < 4.78 is -1.41. The number of halogens is 3. The Balaban J connectivity index is 1.67. The summed E-state index contributed by atoms with van der Waals surface area (Å²) in [5, 5.41) is 9.33. The Morgan fingerprint density at radius 1 is 0.789 bits per heavy atom. The van der Waals surface area contributed by atoms with E-state index in [1.54, 1.807) is 18.7 Å². The summed E-state index contributed by atoms with van der Waals surface area (Å²) in [7, 11) is 0. The van der Waals surface area contributed by atoms with Gasteiger partial charge in [-0.05, 0) is 65.6 Å². The number of anilines is 1. The Hall–Kier alpha value is -2.41. The van der Waals surface area contributed by atoms with Crippen LogP contribution in [0, 0.1) is 6.92 Å². The maximum atomic E-state index is 12.8. The van der Waals surface area contributed by atoms with E-state index >= 15 is 0 Å². The van der Waals surface area contributed by atoms with Crippen molar-refractivity contribution in [1.82, 2.24) is 0 Å². The van der Waals surface area contributed by atoms with Crippen LogP contribution in [0.4, 0.5) is 5.69 Å². The lowest BCUT2D eigenvalue weighted by Crippen LogP contribution is -2.34. The summed E-state index contributed by atoms with van der Waals surface area (Å²) in [6.07, 6.45) is 0. The molecule has 4 aromatic rings. The molecule has 0 N–H and O–H groups in total. The Labute approximate surface area is 245 Å². The number of ketones is 1. The summed E-state index contributed by atoms with van der Waals surface area (Å²) in [4.78, 5) is 12.8. The van der Waals surface area contributed by atoms with E-state index in [0.717, 1.165) is 33.5 Å². The fraction of sp³-hybridized carbons (Fsp3) is 0.133. The molecule has 0 radical (unpaired) electrons. The topological polar surface area (TPSA) is 32.7 Å². The van der Waals surface area contributed by atoms with E-state index in [1.807, 2.05) is 60.5 Å². The molecule has 4 aromatic carbocycles. The lowest BCUT2D eigenvalue weighted by Gasteiger charge is -2.37. The maximum absolute atomic E-state index is 12.8. The summed E-state index contributed by atoms with van der Waals surface area (Å²) in [5.74, 6) is -0.0786. The van der Waals surface area contributed by atoms with Crippen molar-refractivity contribution in [3.05, 3.63) is 134 Å².